The second kappa shape index (κ2) is 8.01. The van der Waals surface area contributed by atoms with Crippen molar-refractivity contribution in [3.05, 3.63) is 42.0 Å². The van der Waals surface area contributed by atoms with E-state index in [4.69, 9.17) is 15.2 Å². The molecule has 0 spiro atoms. The maximum absolute atomic E-state index is 6.00. The Morgan fingerprint density at radius 3 is 2.62 bits per heavy atom. The van der Waals surface area contributed by atoms with Gasteiger partial charge in [-0.25, -0.2) is 0 Å². The molecule has 0 amide bonds. The molecule has 0 aliphatic carbocycles. The van der Waals surface area contributed by atoms with E-state index in [9.17, 15) is 0 Å². The van der Waals surface area contributed by atoms with Crippen molar-refractivity contribution in [3.8, 4) is 5.75 Å². The van der Waals surface area contributed by atoms with E-state index in [0.29, 0.717) is 13.2 Å². The van der Waals surface area contributed by atoms with E-state index in [1.54, 1.807) is 0 Å². The van der Waals surface area contributed by atoms with Crippen molar-refractivity contribution in [2.24, 2.45) is 5.73 Å². The van der Waals surface area contributed by atoms with Gasteiger partial charge in [0.15, 0.2) is 0 Å². The van der Waals surface area contributed by atoms with Crippen LogP contribution in [0.5, 0.6) is 5.75 Å². The number of rotatable bonds is 8. The summed E-state index contributed by atoms with van der Waals surface area (Å²) in [6.07, 6.45) is 1.85. The van der Waals surface area contributed by atoms with E-state index in [1.807, 2.05) is 13.0 Å². The van der Waals surface area contributed by atoms with Crippen LogP contribution in [0.3, 0.4) is 0 Å². The minimum Gasteiger partial charge on any atom is -0.491 e. The second-order valence-electron chi connectivity index (χ2n) is 5.41. The van der Waals surface area contributed by atoms with E-state index in [0.717, 1.165) is 25.2 Å². The second-order valence-corrected chi connectivity index (χ2v) is 5.41. The molecule has 114 valence electrons. The third-order valence-electron chi connectivity index (χ3n) is 3.36. The number of fused-ring (bicyclic) bond motifs is 1. The van der Waals surface area contributed by atoms with Gasteiger partial charge in [-0.2, -0.15) is 0 Å². The molecule has 0 aliphatic heterocycles. The topological polar surface area (TPSA) is 44.5 Å². The highest BCUT2D eigenvalue weighted by Crippen LogP contribution is 2.29. The lowest BCUT2D eigenvalue weighted by Gasteiger charge is -2.16. The van der Waals surface area contributed by atoms with Crippen LogP contribution >= 0.6 is 0 Å². The quantitative estimate of drug-likeness (QED) is 0.755. The average Bonchev–Trinajstić information content (AvgIpc) is 2.48. The Kier molecular flexibility index (Phi) is 6.03. The van der Waals surface area contributed by atoms with Crippen molar-refractivity contribution in [1.82, 2.24) is 0 Å². The van der Waals surface area contributed by atoms with Crippen molar-refractivity contribution in [3.63, 3.8) is 0 Å². The van der Waals surface area contributed by atoms with Gasteiger partial charge in [-0.1, -0.05) is 37.3 Å². The average molecular weight is 287 g/mol. The van der Waals surface area contributed by atoms with Crippen LogP contribution in [0, 0.1) is 0 Å². The van der Waals surface area contributed by atoms with Crippen LogP contribution in [0.2, 0.25) is 0 Å². The lowest BCUT2D eigenvalue weighted by atomic mass is 9.98. The summed E-state index contributed by atoms with van der Waals surface area (Å²) in [5, 5.41) is 2.45. The Morgan fingerprint density at radius 2 is 1.86 bits per heavy atom. The summed E-state index contributed by atoms with van der Waals surface area (Å²) in [7, 11) is 0. The molecule has 21 heavy (non-hydrogen) atoms. The smallest absolute Gasteiger partial charge is 0.123 e. The number of hydrogen-bond donors (Lipinski definition) is 1. The normalized spacial score (nSPS) is 12.5. The van der Waals surface area contributed by atoms with Crippen LogP contribution in [-0.4, -0.2) is 25.9 Å². The minimum atomic E-state index is 0.106. The summed E-state index contributed by atoms with van der Waals surface area (Å²) in [6.45, 7) is 6.11. The van der Waals surface area contributed by atoms with Crippen molar-refractivity contribution < 1.29 is 9.47 Å². The van der Waals surface area contributed by atoms with Gasteiger partial charge in [0, 0.05) is 18.2 Å². The summed E-state index contributed by atoms with van der Waals surface area (Å²) < 4.78 is 11.4. The van der Waals surface area contributed by atoms with Crippen LogP contribution in [0.1, 0.15) is 25.8 Å². The highest BCUT2D eigenvalue weighted by atomic mass is 16.5. The van der Waals surface area contributed by atoms with Crippen LogP contribution in [0.15, 0.2) is 36.4 Å². The van der Waals surface area contributed by atoms with Gasteiger partial charge >= 0.3 is 0 Å². The molecule has 0 aliphatic rings. The summed E-state index contributed by atoms with van der Waals surface area (Å²) in [5.41, 5.74) is 7.19. The number of hydrogen-bond acceptors (Lipinski definition) is 3. The van der Waals surface area contributed by atoms with E-state index in [1.165, 1.54) is 16.3 Å². The Bertz CT molecular complexity index is 566. The molecule has 0 heterocycles. The molecule has 0 saturated heterocycles. The summed E-state index contributed by atoms with van der Waals surface area (Å²) in [6, 6.07) is 12.6. The SMILES string of the molecule is CCCOCCOc1ccc2ccccc2c1CC(C)N. The third kappa shape index (κ3) is 4.45. The third-order valence-corrected chi connectivity index (χ3v) is 3.36. The first-order valence-corrected chi connectivity index (χ1v) is 7.69. The van der Waals surface area contributed by atoms with Crippen LogP contribution in [0.4, 0.5) is 0 Å². The molecule has 1 unspecified atom stereocenters. The first-order chi connectivity index (χ1) is 10.2. The van der Waals surface area contributed by atoms with Gasteiger partial charge in [-0.05, 0) is 36.6 Å². The van der Waals surface area contributed by atoms with Gasteiger partial charge in [0.05, 0.1) is 6.61 Å². The molecule has 0 radical (unpaired) electrons. The Morgan fingerprint density at radius 1 is 1.05 bits per heavy atom. The first kappa shape index (κ1) is 15.8. The van der Waals surface area contributed by atoms with Crippen molar-refractivity contribution in [1.29, 1.82) is 0 Å². The maximum Gasteiger partial charge on any atom is 0.123 e. The molecule has 2 rings (SSSR count). The van der Waals surface area contributed by atoms with Gasteiger partial charge in [0.1, 0.15) is 12.4 Å². The molecule has 2 N–H and O–H groups in total. The summed E-state index contributed by atoms with van der Waals surface area (Å²) in [4.78, 5) is 0. The fraction of sp³-hybridized carbons (Fsp3) is 0.444. The zero-order chi connectivity index (χ0) is 15.1. The maximum atomic E-state index is 6.00. The molecular formula is C18H25NO2. The Labute approximate surface area is 127 Å². The monoisotopic (exact) mass is 287 g/mol. The number of ether oxygens (including phenoxy) is 2. The standard InChI is InChI=1S/C18H25NO2/c1-3-10-20-11-12-21-18-9-8-15-6-4-5-7-16(15)17(18)13-14(2)19/h4-9,14H,3,10-13,19H2,1-2H3. The molecule has 3 heteroatoms. The van der Waals surface area contributed by atoms with Crippen LogP contribution in [0.25, 0.3) is 10.8 Å². The molecule has 3 nitrogen and oxygen atoms in total. The highest BCUT2D eigenvalue weighted by molar-refractivity contribution is 5.87. The van der Waals surface area contributed by atoms with Gasteiger partial charge in [-0.3, -0.25) is 0 Å². The Hall–Kier alpha value is -1.58. The fourth-order valence-corrected chi connectivity index (χ4v) is 2.44. The lowest BCUT2D eigenvalue weighted by molar-refractivity contribution is 0.100. The lowest BCUT2D eigenvalue weighted by Crippen LogP contribution is -2.19. The van der Waals surface area contributed by atoms with E-state index >= 15 is 0 Å². The molecule has 0 saturated carbocycles. The highest BCUT2D eigenvalue weighted by Gasteiger charge is 2.10. The van der Waals surface area contributed by atoms with Gasteiger partial charge in [-0.15, -0.1) is 0 Å². The number of benzene rings is 2. The van der Waals surface area contributed by atoms with E-state index in [2.05, 4.69) is 37.3 Å². The zero-order valence-electron chi connectivity index (χ0n) is 13.0. The molecule has 2 aromatic carbocycles. The van der Waals surface area contributed by atoms with Gasteiger partial charge < -0.3 is 15.2 Å². The summed E-state index contributed by atoms with van der Waals surface area (Å²) in [5.74, 6) is 0.922. The van der Waals surface area contributed by atoms with Gasteiger partial charge in [0.2, 0.25) is 0 Å². The predicted octanol–water partition coefficient (Wildman–Crippen LogP) is 3.53. The predicted molar refractivity (Wildman–Crippen MR) is 87.9 cm³/mol. The number of nitrogens with two attached hydrogens (primary N) is 1. The van der Waals surface area contributed by atoms with Crippen molar-refractivity contribution in [2.45, 2.75) is 32.7 Å². The van der Waals surface area contributed by atoms with E-state index in [-0.39, 0.29) is 6.04 Å². The fourth-order valence-electron chi connectivity index (χ4n) is 2.44. The molecule has 0 aromatic heterocycles. The van der Waals surface area contributed by atoms with Crippen LogP contribution < -0.4 is 10.5 Å². The molecule has 0 bridgehead atoms. The van der Waals surface area contributed by atoms with Crippen molar-refractivity contribution in [2.75, 3.05) is 19.8 Å². The molecular weight excluding hydrogens is 262 g/mol. The minimum absolute atomic E-state index is 0.106. The Balaban J connectivity index is 2.17. The van der Waals surface area contributed by atoms with E-state index < -0.39 is 0 Å². The van der Waals surface area contributed by atoms with Gasteiger partial charge in [0.25, 0.3) is 0 Å². The molecule has 2 aromatic rings. The molecule has 1 atom stereocenters. The van der Waals surface area contributed by atoms with Crippen molar-refractivity contribution >= 4 is 10.8 Å². The van der Waals surface area contributed by atoms with Crippen LogP contribution in [-0.2, 0) is 11.2 Å². The first-order valence-electron chi connectivity index (χ1n) is 7.69. The zero-order valence-corrected chi connectivity index (χ0v) is 13.0. The molecule has 0 fully saturated rings. The summed E-state index contributed by atoms with van der Waals surface area (Å²) >= 11 is 0. The largest absolute Gasteiger partial charge is 0.491 e.